The fourth-order valence-electron chi connectivity index (χ4n) is 1.38. The molecular weight excluding hydrogens is 212 g/mol. The Labute approximate surface area is 92.6 Å². The molecule has 1 rings (SSSR count). The van der Waals surface area contributed by atoms with Gasteiger partial charge in [0.25, 0.3) is 0 Å². The highest BCUT2D eigenvalue weighted by Gasteiger charge is 2.15. The zero-order valence-corrected chi connectivity index (χ0v) is 9.02. The minimum absolute atomic E-state index is 0.0297. The lowest BCUT2D eigenvalue weighted by molar-refractivity contribution is -0.107. The van der Waals surface area contributed by atoms with Gasteiger partial charge in [0.15, 0.2) is 11.5 Å². The van der Waals surface area contributed by atoms with Gasteiger partial charge >= 0.3 is 5.97 Å². The summed E-state index contributed by atoms with van der Waals surface area (Å²) in [5.74, 6) is -0.364. The van der Waals surface area contributed by atoms with Gasteiger partial charge in [0.2, 0.25) is 0 Å². The number of aldehydes is 1. The van der Waals surface area contributed by atoms with Crippen molar-refractivity contribution in [2.45, 2.75) is 6.42 Å². The molecule has 86 valence electrons. The predicted octanol–water partition coefficient (Wildman–Crippen LogP) is 1.14. The fourth-order valence-corrected chi connectivity index (χ4v) is 1.38. The molecule has 0 unspecified atom stereocenters. The lowest BCUT2D eigenvalue weighted by atomic mass is 10.0. The van der Waals surface area contributed by atoms with E-state index in [9.17, 15) is 9.59 Å². The van der Waals surface area contributed by atoms with Gasteiger partial charge in [-0.2, -0.15) is 0 Å². The van der Waals surface area contributed by atoms with Crippen molar-refractivity contribution < 1.29 is 24.2 Å². The van der Waals surface area contributed by atoms with Crippen LogP contribution in [0.1, 0.15) is 15.9 Å². The molecule has 5 heteroatoms. The van der Waals surface area contributed by atoms with E-state index in [1.807, 2.05) is 0 Å². The second-order valence-corrected chi connectivity index (χ2v) is 3.04. The average molecular weight is 224 g/mol. The van der Waals surface area contributed by atoms with Gasteiger partial charge in [-0.25, -0.2) is 4.79 Å². The summed E-state index contributed by atoms with van der Waals surface area (Å²) in [6.45, 7) is 0. The van der Waals surface area contributed by atoms with Crippen molar-refractivity contribution in [3.05, 3.63) is 23.3 Å². The SMILES string of the molecule is COc1cc(CC=O)c(C(=O)O)cc1OC. The number of hydrogen-bond donors (Lipinski definition) is 1. The van der Waals surface area contributed by atoms with E-state index in [-0.39, 0.29) is 12.0 Å². The first-order valence-corrected chi connectivity index (χ1v) is 4.55. The lowest BCUT2D eigenvalue weighted by Crippen LogP contribution is -2.05. The molecule has 0 aromatic heterocycles. The van der Waals surface area contributed by atoms with Crippen molar-refractivity contribution in [2.75, 3.05) is 14.2 Å². The van der Waals surface area contributed by atoms with Gasteiger partial charge in [-0.05, 0) is 17.7 Å². The molecule has 5 nitrogen and oxygen atoms in total. The second-order valence-electron chi connectivity index (χ2n) is 3.04. The van der Waals surface area contributed by atoms with E-state index in [0.29, 0.717) is 23.3 Å². The first-order valence-electron chi connectivity index (χ1n) is 4.55. The molecule has 1 aromatic carbocycles. The number of carboxylic acids is 1. The maximum Gasteiger partial charge on any atom is 0.336 e. The predicted molar refractivity (Wildman–Crippen MR) is 56.3 cm³/mol. The molecule has 0 heterocycles. The average Bonchev–Trinajstić information content (AvgIpc) is 2.28. The highest BCUT2D eigenvalue weighted by atomic mass is 16.5. The summed E-state index contributed by atoms with van der Waals surface area (Å²) < 4.78 is 10.0. The highest BCUT2D eigenvalue weighted by Crippen LogP contribution is 2.30. The molecule has 1 aromatic rings. The molecule has 0 radical (unpaired) electrons. The molecule has 0 atom stereocenters. The number of carboxylic acid groups (broad SMARTS) is 1. The topological polar surface area (TPSA) is 72.8 Å². The van der Waals surface area contributed by atoms with E-state index in [1.165, 1.54) is 26.4 Å². The smallest absolute Gasteiger partial charge is 0.336 e. The number of hydrogen-bond acceptors (Lipinski definition) is 4. The quantitative estimate of drug-likeness (QED) is 0.759. The molecule has 0 saturated heterocycles. The number of aromatic carboxylic acids is 1. The number of methoxy groups -OCH3 is 2. The fraction of sp³-hybridized carbons (Fsp3) is 0.273. The van der Waals surface area contributed by atoms with Crippen molar-refractivity contribution in [2.24, 2.45) is 0 Å². The third-order valence-electron chi connectivity index (χ3n) is 2.14. The van der Waals surface area contributed by atoms with Crippen molar-refractivity contribution in [1.29, 1.82) is 0 Å². The summed E-state index contributed by atoms with van der Waals surface area (Å²) in [7, 11) is 2.87. The van der Waals surface area contributed by atoms with Crippen LogP contribution >= 0.6 is 0 Å². The Morgan fingerprint density at radius 3 is 2.31 bits per heavy atom. The first kappa shape index (κ1) is 12.0. The molecule has 0 fully saturated rings. The molecular formula is C11H12O5. The van der Waals surface area contributed by atoms with Crippen LogP contribution in [0.4, 0.5) is 0 Å². The summed E-state index contributed by atoms with van der Waals surface area (Å²) >= 11 is 0. The molecule has 0 aliphatic carbocycles. The summed E-state index contributed by atoms with van der Waals surface area (Å²) in [6, 6.07) is 2.84. The van der Waals surface area contributed by atoms with Gasteiger partial charge in [-0.1, -0.05) is 0 Å². The largest absolute Gasteiger partial charge is 0.493 e. The van der Waals surface area contributed by atoms with Crippen LogP contribution in [0.5, 0.6) is 11.5 Å². The number of rotatable bonds is 5. The van der Waals surface area contributed by atoms with E-state index in [1.54, 1.807) is 0 Å². The number of benzene rings is 1. The maximum absolute atomic E-state index is 11.0. The third-order valence-corrected chi connectivity index (χ3v) is 2.14. The molecule has 0 saturated carbocycles. The second kappa shape index (κ2) is 5.16. The van der Waals surface area contributed by atoms with Gasteiger partial charge in [0, 0.05) is 6.42 Å². The van der Waals surface area contributed by atoms with Crippen molar-refractivity contribution >= 4 is 12.3 Å². The molecule has 0 spiro atoms. The van der Waals surface area contributed by atoms with E-state index >= 15 is 0 Å². The van der Waals surface area contributed by atoms with Gasteiger partial charge in [0.1, 0.15) is 6.29 Å². The molecule has 0 amide bonds. The van der Waals surface area contributed by atoms with E-state index in [4.69, 9.17) is 14.6 Å². The Balaban J connectivity index is 3.34. The van der Waals surface area contributed by atoms with Crippen LogP contribution < -0.4 is 9.47 Å². The van der Waals surface area contributed by atoms with Crippen LogP contribution in [0.3, 0.4) is 0 Å². The van der Waals surface area contributed by atoms with Gasteiger partial charge in [-0.3, -0.25) is 0 Å². The first-order chi connectivity index (χ1) is 7.63. The van der Waals surface area contributed by atoms with Crippen LogP contribution in [0.25, 0.3) is 0 Å². The van der Waals surface area contributed by atoms with Gasteiger partial charge in [-0.15, -0.1) is 0 Å². The summed E-state index contributed by atoms with van der Waals surface area (Å²) in [6.07, 6.45) is 0.676. The summed E-state index contributed by atoms with van der Waals surface area (Å²) in [4.78, 5) is 21.4. The van der Waals surface area contributed by atoms with Crippen LogP contribution in [-0.2, 0) is 11.2 Å². The molecule has 1 N–H and O–H groups in total. The molecule has 0 aliphatic rings. The number of carbonyl (C=O) groups is 2. The normalized spacial score (nSPS) is 9.62. The highest BCUT2D eigenvalue weighted by molar-refractivity contribution is 5.91. The standard InChI is InChI=1S/C11H12O5/c1-15-9-5-7(3-4-12)8(11(13)14)6-10(9)16-2/h4-6H,3H2,1-2H3,(H,13,14). The van der Waals surface area contributed by atoms with Crippen molar-refractivity contribution in [3.8, 4) is 11.5 Å². The summed E-state index contributed by atoms with van der Waals surface area (Å²) in [5, 5.41) is 8.96. The van der Waals surface area contributed by atoms with Gasteiger partial charge < -0.3 is 19.4 Å². The van der Waals surface area contributed by atoms with Crippen LogP contribution in [0.2, 0.25) is 0 Å². The van der Waals surface area contributed by atoms with E-state index < -0.39 is 5.97 Å². The Morgan fingerprint density at radius 1 is 1.31 bits per heavy atom. The van der Waals surface area contributed by atoms with E-state index in [0.717, 1.165) is 0 Å². The minimum Gasteiger partial charge on any atom is -0.493 e. The van der Waals surface area contributed by atoms with Crippen molar-refractivity contribution in [3.63, 3.8) is 0 Å². The Morgan fingerprint density at radius 2 is 1.88 bits per heavy atom. The third kappa shape index (κ3) is 2.31. The number of ether oxygens (including phenoxy) is 2. The van der Waals surface area contributed by atoms with Crippen LogP contribution in [0, 0.1) is 0 Å². The zero-order chi connectivity index (χ0) is 12.1. The Kier molecular flexibility index (Phi) is 3.88. The maximum atomic E-state index is 11.0. The molecule has 16 heavy (non-hydrogen) atoms. The van der Waals surface area contributed by atoms with Crippen LogP contribution in [-0.4, -0.2) is 31.6 Å². The monoisotopic (exact) mass is 224 g/mol. The zero-order valence-electron chi connectivity index (χ0n) is 9.02. The minimum atomic E-state index is -1.10. The van der Waals surface area contributed by atoms with Crippen molar-refractivity contribution in [1.82, 2.24) is 0 Å². The van der Waals surface area contributed by atoms with Gasteiger partial charge in [0.05, 0.1) is 19.8 Å². The summed E-state index contributed by atoms with van der Waals surface area (Å²) in [5.41, 5.74) is 0.449. The lowest BCUT2D eigenvalue weighted by Gasteiger charge is -2.11. The van der Waals surface area contributed by atoms with Crippen LogP contribution in [0.15, 0.2) is 12.1 Å². The Bertz CT molecular complexity index is 411. The van der Waals surface area contributed by atoms with E-state index in [2.05, 4.69) is 0 Å². The molecule has 0 aliphatic heterocycles. The molecule has 0 bridgehead atoms. The number of carbonyl (C=O) groups excluding carboxylic acids is 1. The Hall–Kier alpha value is -2.04.